The third kappa shape index (κ3) is 6.09. The van der Waals surface area contributed by atoms with E-state index in [9.17, 15) is 9.90 Å². The molecule has 0 aliphatic carbocycles. The van der Waals surface area contributed by atoms with Crippen LogP contribution in [0.1, 0.15) is 30.0 Å². The summed E-state index contributed by atoms with van der Waals surface area (Å²) >= 11 is 0. The Balaban J connectivity index is 1.51. The van der Waals surface area contributed by atoms with Crippen LogP contribution in [0.15, 0.2) is 90.2 Å². The number of carboxylic acid groups (broad SMARTS) is 1. The minimum atomic E-state index is -0.967. The number of aromatic nitrogens is 1. The molecule has 1 heterocycles. The maximum absolute atomic E-state index is 11.4. The fourth-order valence-electron chi connectivity index (χ4n) is 4.00. The van der Waals surface area contributed by atoms with Gasteiger partial charge in [-0.05, 0) is 60.2 Å². The number of nitrogens with zero attached hydrogens (tertiary/aromatic N) is 2. The molecule has 4 aromatic rings. The number of oxime groups is 1. The van der Waals surface area contributed by atoms with Crippen LogP contribution in [0.3, 0.4) is 0 Å². The van der Waals surface area contributed by atoms with Crippen molar-refractivity contribution in [3.8, 4) is 5.75 Å². The summed E-state index contributed by atoms with van der Waals surface area (Å²) in [6, 6.07) is 26.1. The van der Waals surface area contributed by atoms with Crippen molar-refractivity contribution in [2.75, 3.05) is 6.61 Å². The van der Waals surface area contributed by atoms with Gasteiger partial charge in [-0.15, -0.1) is 0 Å². The summed E-state index contributed by atoms with van der Waals surface area (Å²) < 4.78 is 7.87. The van der Waals surface area contributed by atoms with Crippen LogP contribution >= 0.6 is 0 Å². The highest BCUT2D eigenvalue weighted by Gasteiger charge is 2.18. The van der Waals surface area contributed by atoms with E-state index >= 15 is 0 Å². The molecule has 35 heavy (non-hydrogen) atoms. The monoisotopic (exact) mass is 470 g/mol. The van der Waals surface area contributed by atoms with Crippen LogP contribution in [0.5, 0.6) is 5.75 Å². The van der Waals surface area contributed by atoms with Gasteiger partial charge in [0.1, 0.15) is 12.4 Å². The van der Waals surface area contributed by atoms with E-state index < -0.39 is 12.1 Å². The lowest BCUT2D eigenvalue weighted by Gasteiger charge is -2.16. The van der Waals surface area contributed by atoms with Crippen LogP contribution in [0.25, 0.3) is 10.9 Å². The Labute approximate surface area is 205 Å². The smallest absolute Gasteiger partial charge is 0.344 e. The van der Waals surface area contributed by atoms with Crippen LogP contribution in [0.4, 0.5) is 0 Å². The lowest BCUT2D eigenvalue weighted by atomic mass is 10.0. The number of para-hydroxylation sites is 1. The Hall–Kier alpha value is -4.06. The zero-order valence-corrected chi connectivity index (χ0v) is 20.1. The van der Waals surface area contributed by atoms with Gasteiger partial charge >= 0.3 is 5.97 Å². The SMILES string of the molecule is CCC(Oc1ccc(/C(Cc2ccccc2)=N/OCCn2ccc3ccccc32)cc1C)C(=O)O. The summed E-state index contributed by atoms with van der Waals surface area (Å²) in [7, 11) is 0. The molecular formula is C29H30N2O4. The molecule has 0 radical (unpaired) electrons. The molecule has 4 rings (SSSR count). The average Bonchev–Trinajstić information content (AvgIpc) is 3.28. The molecule has 0 spiro atoms. The molecule has 0 saturated heterocycles. The van der Waals surface area contributed by atoms with Crippen molar-refractivity contribution in [2.45, 2.75) is 39.3 Å². The van der Waals surface area contributed by atoms with Crippen molar-refractivity contribution >= 4 is 22.6 Å². The fraction of sp³-hybridized carbons (Fsp3) is 0.241. The van der Waals surface area contributed by atoms with E-state index in [-0.39, 0.29) is 0 Å². The van der Waals surface area contributed by atoms with Gasteiger partial charge in [0, 0.05) is 23.7 Å². The minimum absolute atomic E-state index is 0.391. The summed E-state index contributed by atoms with van der Waals surface area (Å²) in [5, 5.41) is 15.0. The largest absolute Gasteiger partial charge is 0.479 e. The van der Waals surface area contributed by atoms with Crippen molar-refractivity contribution < 1.29 is 19.5 Å². The van der Waals surface area contributed by atoms with Gasteiger partial charge in [0.25, 0.3) is 0 Å². The summed E-state index contributed by atoms with van der Waals surface area (Å²) in [6.45, 7) is 4.83. The van der Waals surface area contributed by atoms with E-state index in [1.165, 1.54) is 10.9 Å². The highest BCUT2D eigenvalue weighted by atomic mass is 16.6. The molecule has 0 aliphatic heterocycles. The number of fused-ring (bicyclic) bond motifs is 1. The number of hydrogen-bond donors (Lipinski definition) is 1. The van der Waals surface area contributed by atoms with Crippen molar-refractivity contribution in [3.63, 3.8) is 0 Å². The van der Waals surface area contributed by atoms with Crippen LogP contribution in [-0.2, 0) is 22.6 Å². The highest BCUT2D eigenvalue weighted by molar-refractivity contribution is 6.01. The van der Waals surface area contributed by atoms with Gasteiger partial charge in [0.15, 0.2) is 6.10 Å². The predicted octanol–water partition coefficient (Wildman–Crippen LogP) is 5.86. The van der Waals surface area contributed by atoms with Gasteiger partial charge < -0.3 is 19.2 Å². The zero-order valence-electron chi connectivity index (χ0n) is 20.1. The quantitative estimate of drug-likeness (QED) is 0.169. The standard InChI is InChI=1S/C29H30N2O4/c1-3-27(29(32)33)35-28-14-13-24(19-21(28)2)25(20-22-9-5-4-6-10-22)30-34-18-17-31-16-15-23-11-7-8-12-26(23)31/h4-16,19,27H,3,17-18,20H2,1-2H3,(H,32,33)/b30-25+. The van der Waals surface area contributed by atoms with Crippen LogP contribution in [0.2, 0.25) is 0 Å². The van der Waals surface area contributed by atoms with Crippen molar-refractivity contribution in [1.29, 1.82) is 0 Å². The first-order valence-corrected chi connectivity index (χ1v) is 11.8. The molecule has 0 amide bonds. The lowest BCUT2D eigenvalue weighted by Crippen LogP contribution is -2.26. The van der Waals surface area contributed by atoms with Crippen molar-refractivity contribution in [3.05, 3.63) is 102 Å². The maximum atomic E-state index is 11.4. The van der Waals surface area contributed by atoms with E-state index in [1.54, 1.807) is 6.92 Å². The van der Waals surface area contributed by atoms with Gasteiger partial charge in [0.2, 0.25) is 0 Å². The van der Waals surface area contributed by atoms with Crippen LogP contribution < -0.4 is 4.74 Å². The number of ether oxygens (including phenoxy) is 1. The molecule has 3 aromatic carbocycles. The average molecular weight is 471 g/mol. The second-order valence-electron chi connectivity index (χ2n) is 8.43. The van der Waals surface area contributed by atoms with E-state index in [0.717, 1.165) is 22.4 Å². The Kier molecular flexibility index (Phi) is 7.83. The minimum Gasteiger partial charge on any atom is -0.479 e. The molecular weight excluding hydrogens is 440 g/mol. The second kappa shape index (κ2) is 11.4. The number of aliphatic carboxylic acids is 1. The summed E-state index contributed by atoms with van der Waals surface area (Å²) in [5.74, 6) is -0.409. The summed E-state index contributed by atoms with van der Waals surface area (Å²) in [4.78, 5) is 17.2. The summed E-state index contributed by atoms with van der Waals surface area (Å²) in [6.07, 6.45) is 2.19. The molecule has 1 unspecified atom stereocenters. The molecule has 6 heteroatoms. The third-order valence-corrected chi connectivity index (χ3v) is 5.92. The first kappa shape index (κ1) is 24.1. The van der Waals surface area contributed by atoms with Gasteiger partial charge in [-0.3, -0.25) is 0 Å². The maximum Gasteiger partial charge on any atom is 0.344 e. The number of aryl methyl sites for hydroxylation is 1. The molecule has 0 saturated carbocycles. The van der Waals surface area contributed by atoms with Gasteiger partial charge in [0.05, 0.1) is 12.3 Å². The Morgan fingerprint density at radius 3 is 2.54 bits per heavy atom. The first-order valence-electron chi connectivity index (χ1n) is 11.8. The number of carbonyl (C=O) groups is 1. The Morgan fingerprint density at radius 1 is 1.03 bits per heavy atom. The third-order valence-electron chi connectivity index (χ3n) is 5.92. The topological polar surface area (TPSA) is 73.0 Å². The number of carboxylic acids is 1. The molecule has 1 atom stereocenters. The van der Waals surface area contributed by atoms with Gasteiger partial charge in [-0.1, -0.05) is 60.6 Å². The van der Waals surface area contributed by atoms with E-state index in [4.69, 9.17) is 9.57 Å². The molecule has 180 valence electrons. The van der Waals surface area contributed by atoms with Crippen LogP contribution in [0, 0.1) is 6.92 Å². The number of benzene rings is 3. The summed E-state index contributed by atoms with van der Waals surface area (Å²) in [5.41, 5.74) is 4.85. The lowest BCUT2D eigenvalue weighted by molar-refractivity contribution is -0.145. The van der Waals surface area contributed by atoms with Crippen molar-refractivity contribution in [1.82, 2.24) is 4.57 Å². The first-order chi connectivity index (χ1) is 17.0. The number of rotatable bonds is 11. The van der Waals surface area contributed by atoms with E-state index in [0.29, 0.717) is 31.7 Å². The zero-order chi connectivity index (χ0) is 24.6. The van der Waals surface area contributed by atoms with Gasteiger partial charge in [-0.25, -0.2) is 4.79 Å². The van der Waals surface area contributed by atoms with Gasteiger partial charge in [-0.2, -0.15) is 0 Å². The molecule has 0 aliphatic rings. The molecule has 6 nitrogen and oxygen atoms in total. The normalized spacial score (nSPS) is 12.5. The number of hydrogen-bond acceptors (Lipinski definition) is 4. The molecule has 1 N–H and O–H groups in total. The Bertz CT molecular complexity index is 1310. The fourth-order valence-corrected chi connectivity index (χ4v) is 4.00. The van der Waals surface area contributed by atoms with E-state index in [1.807, 2.05) is 55.5 Å². The molecule has 1 aromatic heterocycles. The predicted molar refractivity (Wildman–Crippen MR) is 138 cm³/mol. The molecule has 0 fully saturated rings. The second-order valence-corrected chi connectivity index (χ2v) is 8.43. The Morgan fingerprint density at radius 2 is 1.80 bits per heavy atom. The van der Waals surface area contributed by atoms with Crippen molar-refractivity contribution in [2.24, 2.45) is 5.16 Å². The highest BCUT2D eigenvalue weighted by Crippen LogP contribution is 2.23. The van der Waals surface area contributed by atoms with E-state index in [2.05, 4.69) is 46.3 Å². The van der Waals surface area contributed by atoms with Crippen LogP contribution in [-0.4, -0.2) is 34.1 Å². The molecule has 0 bridgehead atoms.